The smallest absolute Gasteiger partial charge is 0.00637 e. The second-order valence-electron chi connectivity index (χ2n) is 3.22. The van der Waals surface area contributed by atoms with Gasteiger partial charge in [0.1, 0.15) is 0 Å². The van der Waals surface area contributed by atoms with E-state index in [0.29, 0.717) is 0 Å². The van der Waals surface area contributed by atoms with Gasteiger partial charge in [-0.05, 0) is 36.3 Å². The van der Waals surface area contributed by atoms with Gasteiger partial charge in [0.2, 0.25) is 0 Å². The van der Waals surface area contributed by atoms with Crippen molar-refractivity contribution in [3.63, 3.8) is 0 Å². The minimum absolute atomic E-state index is 0.896. The molecule has 1 saturated carbocycles. The molecule has 50 valence electrons. The Hall–Kier alpha value is 0.0900. The summed E-state index contributed by atoms with van der Waals surface area (Å²) in [4.78, 5) is 0. The summed E-state index contributed by atoms with van der Waals surface area (Å²) in [5.41, 5.74) is 0. The summed E-state index contributed by atoms with van der Waals surface area (Å²) in [6, 6.07) is 0. The van der Waals surface area contributed by atoms with E-state index in [2.05, 4.69) is 24.8 Å². The van der Waals surface area contributed by atoms with Crippen LogP contribution in [-0.4, -0.2) is 5.75 Å². The van der Waals surface area contributed by atoms with E-state index in [4.69, 9.17) is 0 Å². The van der Waals surface area contributed by atoms with Crippen molar-refractivity contribution in [2.24, 2.45) is 17.8 Å². The molecule has 0 nitrogen and oxygen atoms in total. The molecular formula is C8H12S. The van der Waals surface area contributed by atoms with Gasteiger partial charge in [-0.3, -0.25) is 0 Å². The van der Waals surface area contributed by atoms with Gasteiger partial charge in [0.25, 0.3) is 0 Å². The Morgan fingerprint density at radius 1 is 1.33 bits per heavy atom. The zero-order valence-corrected chi connectivity index (χ0v) is 6.35. The molecule has 2 bridgehead atoms. The number of rotatable bonds is 1. The van der Waals surface area contributed by atoms with Crippen LogP contribution in [-0.2, 0) is 0 Å². The predicted molar refractivity (Wildman–Crippen MR) is 42.7 cm³/mol. The highest BCUT2D eigenvalue weighted by Crippen LogP contribution is 2.43. The number of hydrogen-bond donors (Lipinski definition) is 1. The Morgan fingerprint density at radius 3 is 2.56 bits per heavy atom. The molecule has 0 heterocycles. The van der Waals surface area contributed by atoms with Gasteiger partial charge >= 0.3 is 0 Å². The van der Waals surface area contributed by atoms with E-state index in [1.54, 1.807) is 0 Å². The van der Waals surface area contributed by atoms with Gasteiger partial charge in [-0.25, -0.2) is 0 Å². The van der Waals surface area contributed by atoms with Gasteiger partial charge in [-0.1, -0.05) is 12.2 Å². The largest absolute Gasteiger partial charge is 0.179 e. The van der Waals surface area contributed by atoms with Gasteiger partial charge in [0.05, 0.1) is 0 Å². The molecule has 2 aliphatic rings. The van der Waals surface area contributed by atoms with Crippen molar-refractivity contribution >= 4 is 12.6 Å². The lowest BCUT2D eigenvalue weighted by molar-refractivity contribution is 0.503. The summed E-state index contributed by atoms with van der Waals surface area (Å²) in [7, 11) is 0. The Balaban J connectivity index is 2.10. The molecule has 0 aliphatic heterocycles. The standard InChI is InChI=1S/C8H12S/c9-5-8-4-6-1-2-7(8)3-6/h1-2,6-9H,3-5H2. The molecule has 3 unspecified atom stereocenters. The van der Waals surface area contributed by atoms with Crippen LogP contribution in [0.25, 0.3) is 0 Å². The first-order valence-corrected chi connectivity index (χ1v) is 4.32. The van der Waals surface area contributed by atoms with Crippen molar-refractivity contribution in [1.29, 1.82) is 0 Å². The monoisotopic (exact) mass is 140 g/mol. The maximum atomic E-state index is 4.32. The fourth-order valence-electron chi connectivity index (χ4n) is 2.10. The van der Waals surface area contributed by atoms with E-state index >= 15 is 0 Å². The quantitative estimate of drug-likeness (QED) is 0.418. The molecule has 2 rings (SSSR count). The highest BCUT2D eigenvalue weighted by atomic mass is 32.1. The molecule has 3 atom stereocenters. The first kappa shape index (κ1) is 5.84. The Morgan fingerprint density at radius 2 is 2.22 bits per heavy atom. The third-order valence-corrected chi connectivity index (χ3v) is 3.12. The van der Waals surface area contributed by atoms with Gasteiger partial charge in [-0.15, -0.1) is 0 Å². The van der Waals surface area contributed by atoms with Crippen molar-refractivity contribution in [1.82, 2.24) is 0 Å². The van der Waals surface area contributed by atoms with Crippen molar-refractivity contribution < 1.29 is 0 Å². The molecule has 0 aromatic heterocycles. The van der Waals surface area contributed by atoms with Gasteiger partial charge < -0.3 is 0 Å². The molecule has 0 aromatic carbocycles. The fourth-order valence-corrected chi connectivity index (χ4v) is 2.52. The highest BCUT2D eigenvalue weighted by molar-refractivity contribution is 7.80. The maximum absolute atomic E-state index is 4.32. The lowest BCUT2D eigenvalue weighted by Crippen LogP contribution is -2.07. The molecule has 0 N–H and O–H groups in total. The summed E-state index contributed by atoms with van der Waals surface area (Å²) in [5, 5.41) is 0. The average molecular weight is 140 g/mol. The van der Waals surface area contributed by atoms with E-state index in [1.165, 1.54) is 12.8 Å². The van der Waals surface area contributed by atoms with Crippen LogP contribution >= 0.6 is 12.6 Å². The Labute approximate surface area is 61.7 Å². The summed E-state index contributed by atoms with van der Waals surface area (Å²) in [6.45, 7) is 0. The number of fused-ring (bicyclic) bond motifs is 2. The van der Waals surface area contributed by atoms with Crippen LogP contribution < -0.4 is 0 Å². The molecule has 0 amide bonds. The lowest BCUT2D eigenvalue weighted by Gasteiger charge is -2.13. The number of allylic oxidation sites excluding steroid dienone is 2. The summed E-state index contributed by atoms with van der Waals surface area (Å²) in [5.74, 6) is 3.81. The van der Waals surface area contributed by atoms with E-state index < -0.39 is 0 Å². The number of thiol groups is 1. The van der Waals surface area contributed by atoms with Crippen molar-refractivity contribution in [3.05, 3.63) is 12.2 Å². The van der Waals surface area contributed by atoms with Crippen molar-refractivity contribution in [2.45, 2.75) is 12.8 Å². The third-order valence-electron chi connectivity index (χ3n) is 2.65. The van der Waals surface area contributed by atoms with E-state index in [1.807, 2.05) is 0 Å². The van der Waals surface area contributed by atoms with Crippen LogP contribution in [0.15, 0.2) is 12.2 Å². The summed E-state index contributed by atoms with van der Waals surface area (Å²) < 4.78 is 0. The molecule has 1 fully saturated rings. The Kier molecular flexibility index (Phi) is 1.33. The second kappa shape index (κ2) is 2.05. The van der Waals surface area contributed by atoms with E-state index in [0.717, 1.165) is 23.5 Å². The fraction of sp³-hybridized carbons (Fsp3) is 0.750. The molecule has 1 heteroatoms. The molecule has 2 aliphatic carbocycles. The Bertz CT molecular complexity index is 140. The lowest BCUT2D eigenvalue weighted by atomic mass is 9.96. The molecule has 0 aromatic rings. The van der Waals surface area contributed by atoms with Crippen LogP contribution in [0.1, 0.15) is 12.8 Å². The summed E-state index contributed by atoms with van der Waals surface area (Å²) in [6.07, 6.45) is 7.59. The SMILES string of the molecule is SCC1CC2C=CC1C2. The van der Waals surface area contributed by atoms with Crippen LogP contribution in [0.2, 0.25) is 0 Å². The molecule has 0 saturated heterocycles. The van der Waals surface area contributed by atoms with Crippen LogP contribution in [0.3, 0.4) is 0 Å². The minimum Gasteiger partial charge on any atom is -0.179 e. The highest BCUT2D eigenvalue weighted by Gasteiger charge is 2.34. The first-order valence-electron chi connectivity index (χ1n) is 3.69. The van der Waals surface area contributed by atoms with Gasteiger partial charge in [0.15, 0.2) is 0 Å². The van der Waals surface area contributed by atoms with E-state index in [-0.39, 0.29) is 0 Å². The third kappa shape index (κ3) is 0.823. The molecule has 9 heavy (non-hydrogen) atoms. The van der Waals surface area contributed by atoms with Crippen LogP contribution in [0.4, 0.5) is 0 Å². The van der Waals surface area contributed by atoms with Gasteiger partial charge in [0, 0.05) is 0 Å². The zero-order valence-electron chi connectivity index (χ0n) is 5.46. The van der Waals surface area contributed by atoms with E-state index in [9.17, 15) is 0 Å². The zero-order chi connectivity index (χ0) is 6.27. The summed E-state index contributed by atoms with van der Waals surface area (Å²) >= 11 is 4.32. The van der Waals surface area contributed by atoms with Crippen molar-refractivity contribution in [3.8, 4) is 0 Å². The maximum Gasteiger partial charge on any atom is -0.00637 e. The first-order chi connectivity index (χ1) is 4.40. The molecule has 0 spiro atoms. The normalized spacial score (nSPS) is 46.6. The average Bonchev–Trinajstić information content (AvgIpc) is 2.45. The van der Waals surface area contributed by atoms with Crippen LogP contribution in [0.5, 0.6) is 0 Å². The van der Waals surface area contributed by atoms with Gasteiger partial charge in [-0.2, -0.15) is 12.6 Å². The van der Waals surface area contributed by atoms with Crippen LogP contribution in [0, 0.1) is 17.8 Å². The van der Waals surface area contributed by atoms with Crippen molar-refractivity contribution in [2.75, 3.05) is 5.75 Å². The topological polar surface area (TPSA) is 0 Å². The molecule has 0 radical (unpaired) electrons. The minimum atomic E-state index is 0.896. The second-order valence-corrected chi connectivity index (χ2v) is 3.59. The number of hydrogen-bond acceptors (Lipinski definition) is 1. The predicted octanol–water partition coefficient (Wildman–Crippen LogP) is 2.13. The molecular weight excluding hydrogens is 128 g/mol.